The van der Waals surface area contributed by atoms with Crippen LogP contribution in [0.15, 0.2) is 12.1 Å². The summed E-state index contributed by atoms with van der Waals surface area (Å²) in [5.74, 6) is 3.43. The molecule has 4 nitrogen and oxygen atoms in total. The van der Waals surface area contributed by atoms with Crippen LogP contribution in [0.1, 0.15) is 44.6 Å². The molecule has 2 aliphatic rings. The molecule has 1 saturated carbocycles. The van der Waals surface area contributed by atoms with Crippen LogP contribution in [0.3, 0.4) is 0 Å². The van der Waals surface area contributed by atoms with Crippen molar-refractivity contribution in [1.82, 2.24) is 5.32 Å². The number of nitrogens with one attached hydrogen (secondary N) is 1. The fourth-order valence-corrected chi connectivity index (χ4v) is 3.26. The van der Waals surface area contributed by atoms with E-state index in [1.54, 1.807) is 6.07 Å². The molecule has 21 heavy (non-hydrogen) atoms. The standard InChI is InChI=1S/C17H25NO3/c1-12-2-4-13(5-3-12)6-7-18-10-14-8-16-17(9-15(14)19)21-11-20-16/h8-9,12-13,18-19H,2-7,10-11H2,1H3. The van der Waals surface area contributed by atoms with Gasteiger partial charge in [0.05, 0.1) is 0 Å². The van der Waals surface area contributed by atoms with Gasteiger partial charge in [-0.3, -0.25) is 0 Å². The van der Waals surface area contributed by atoms with Crippen LogP contribution < -0.4 is 14.8 Å². The van der Waals surface area contributed by atoms with E-state index in [1.165, 1.54) is 32.1 Å². The highest BCUT2D eigenvalue weighted by Gasteiger charge is 2.18. The molecular weight excluding hydrogens is 266 g/mol. The fraction of sp³-hybridized carbons (Fsp3) is 0.647. The Kier molecular flexibility index (Phi) is 4.54. The molecular formula is C17H25NO3. The van der Waals surface area contributed by atoms with E-state index in [0.717, 1.165) is 29.7 Å². The van der Waals surface area contributed by atoms with Gasteiger partial charge in [-0.05, 0) is 30.9 Å². The van der Waals surface area contributed by atoms with Gasteiger partial charge >= 0.3 is 0 Å². The van der Waals surface area contributed by atoms with Crippen molar-refractivity contribution in [2.75, 3.05) is 13.3 Å². The second-order valence-electron chi connectivity index (χ2n) is 6.43. The highest BCUT2D eigenvalue weighted by Crippen LogP contribution is 2.37. The van der Waals surface area contributed by atoms with Crippen molar-refractivity contribution in [3.63, 3.8) is 0 Å². The summed E-state index contributed by atoms with van der Waals surface area (Å²) in [6, 6.07) is 3.51. The molecule has 0 atom stereocenters. The van der Waals surface area contributed by atoms with Gasteiger partial charge in [0.15, 0.2) is 11.5 Å². The van der Waals surface area contributed by atoms with Crippen LogP contribution in [0.25, 0.3) is 0 Å². The average molecular weight is 291 g/mol. The lowest BCUT2D eigenvalue weighted by atomic mass is 9.81. The monoisotopic (exact) mass is 291 g/mol. The minimum Gasteiger partial charge on any atom is -0.507 e. The number of hydrogen-bond donors (Lipinski definition) is 2. The molecule has 1 aliphatic carbocycles. The van der Waals surface area contributed by atoms with Crippen molar-refractivity contribution in [2.45, 2.75) is 45.6 Å². The van der Waals surface area contributed by atoms with Crippen LogP contribution in [-0.4, -0.2) is 18.4 Å². The lowest BCUT2D eigenvalue weighted by Gasteiger charge is -2.26. The molecule has 4 heteroatoms. The van der Waals surface area contributed by atoms with E-state index in [9.17, 15) is 5.11 Å². The van der Waals surface area contributed by atoms with Crippen molar-refractivity contribution >= 4 is 0 Å². The summed E-state index contributed by atoms with van der Waals surface area (Å²) in [7, 11) is 0. The first kappa shape index (κ1) is 14.5. The number of phenols is 1. The lowest BCUT2D eigenvalue weighted by molar-refractivity contribution is 0.174. The van der Waals surface area contributed by atoms with Crippen molar-refractivity contribution < 1.29 is 14.6 Å². The molecule has 0 saturated heterocycles. The van der Waals surface area contributed by atoms with Crippen molar-refractivity contribution in [3.05, 3.63) is 17.7 Å². The number of benzene rings is 1. The second-order valence-corrected chi connectivity index (χ2v) is 6.43. The molecule has 1 heterocycles. The molecule has 2 N–H and O–H groups in total. The number of fused-ring (bicyclic) bond motifs is 1. The molecule has 1 fully saturated rings. The average Bonchev–Trinajstić information content (AvgIpc) is 2.92. The van der Waals surface area contributed by atoms with Gasteiger partial charge in [0, 0.05) is 18.2 Å². The zero-order chi connectivity index (χ0) is 14.7. The van der Waals surface area contributed by atoms with E-state index >= 15 is 0 Å². The maximum Gasteiger partial charge on any atom is 0.231 e. The van der Waals surface area contributed by atoms with Crippen LogP contribution in [0, 0.1) is 11.8 Å². The SMILES string of the molecule is CC1CCC(CCNCc2cc3c(cc2O)OCO3)CC1. The second kappa shape index (κ2) is 6.56. The number of phenolic OH excluding ortho intramolecular Hbond substituents is 1. The van der Waals surface area contributed by atoms with Gasteiger partial charge in [0.1, 0.15) is 5.75 Å². The first-order valence-electron chi connectivity index (χ1n) is 8.04. The Balaban J connectivity index is 1.43. The van der Waals surface area contributed by atoms with Crippen molar-refractivity contribution in [1.29, 1.82) is 0 Å². The topological polar surface area (TPSA) is 50.7 Å². The molecule has 116 valence electrons. The molecule has 0 amide bonds. The Labute approximate surface area is 126 Å². The summed E-state index contributed by atoms with van der Waals surface area (Å²) in [5.41, 5.74) is 0.872. The van der Waals surface area contributed by atoms with E-state index in [1.807, 2.05) is 6.07 Å². The van der Waals surface area contributed by atoms with Crippen molar-refractivity contribution in [2.24, 2.45) is 11.8 Å². The third kappa shape index (κ3) is 3.62. The van der Waals surface area contributed by atoms with Gasteiger partial charge in [-0.15, -0.1) is 0 Å². The summed E-state index contributed by atoms with van der Waals surface area (Å²) in [6.45, 7) is 4.28. The minimum absolute atomic E-state index is 0.242. The quantitative estimate of drug-likeness (QED) is 0.816. The number of hydrogen-bond acceptors (Lipinski definition) is 4. The summed E-state index contributed by atoms with van der Waals surface area (Å²) in [6.07, 6.45) is 6.75. The highest BCUT2D eigenvalue weighted by atomic mass is 16.7. The van der Waals surface area contributed by atoms with Crippen molar-refractivity contribution in [3.8, 4) is 17.2 Å². The number of rotatable bonds is 5. The van der Waals surface area contributed by atoms with Gasteiger partial charge in [-0.1, -0.05) is 32.6 Å². The third-order valence-electron chi connectivity index (χ3n) is 4.75. The molecule has 1 aromatic rings. The molecule has 0 unspecified atom stereocenters. The van der Waals surface area contributed by atoms with Crippen LogP contribution in [0.5, 0.6) is 17.2 Å². The zero-order valence-corrected chi connectivity index (χ0v) is 12.7. The first-order valence-corrected chi connectivity index (χ1v) is 8.04. The maximum absolute atomic E-state index is 9.98. The molecule has 0 bridgehead atoms. The van der Waals surface area contributed by atoms with E-state index in [0.29, 0.717) is 12.3 Å². The maximum atomic E-state index is 9.98. The molecule has 1 aromatic carbocycles. The Morgan fingerprint density at radius 1 is 1.14 bits per heavy atom. The van der Waals surface area contributed by atoms with Crippen LogP contribution in [-0.2, 0) is 6.54 Å². The van der Waals surface area contributed by atoms with Crippen LogP contribution in [0.4, 0.5) is 0 Å². The Morgan fingerprint density at radius 3 is 2.62 bits per heavy atom. The fourth-order valence-electron chi connectivity index (χ4n) is 3.26. The summed E-state index contributed by atoms with van der Waals surface area (Å²) in [5, 5.41) is 13.4. The molecule has 3 rings (SSSR count). The van der Waals surface area contributed by atoms with Gasteiger partial charge in [0.25, 0.3) is 0 Å². The van der Waals surface area contributed by atoms with E-state index < -0.39 is 0 Å². The van der Waals surface area contributed by atoms with Gasteiger partial charge in [0.2, 0.25) is 6.79 Å². The summed E-state index contributed by atoms with van der Waals surface area (Å²) >= 11 is 0. The van der Waals surface area contributed by atoms with Crippen LogP contribution >= 0.6 is 0 Å². The number of aromatic hydroxyl groups is 1. The van der Waals surface area contributed by atoms with Gasteiger partial charge in [-0.2, -0.15) is 0 Å². The Bertz CT molecular complexity index is 481. The van der Waals surface area contributed by atoms with Gasteiger partial charge < -0.3 is 19.9 Å². The van der Waals surface area contributed by atoms with E-state index in [-0.39, 0.29) is 12.5 Å². The largest absolute Gasteiger partial charge is 0.507 e. The van der Waals surface area contributed by atoms with E-state index in [2.05, 4.69) is 12.2 Å². The van der Waals surface area contributed by atoms with E-state index in [4.69, 9.17) is 9.47 Å². The predicted octanol–water partition coefficient (Wildman–Crippen LogP) is 3.43. The molecule has 1 aliphatic heterocycles. The Hall–Kier alpha value is -1.42. The normalized spacial score (nSPS) is 24.2. The van der Waals surface area contributed by atoms with Crippen LogP contribution in [0.2, 0.25) is 0 Å². The Morgan fingerprint density at radius 2 is 1.86 bits per heavy atom. The predicted molar refractivity (Wildman–Crippen MR) is 81.7 cm³/mol. The molecule has 0 spiro atoms. The smallest absolute Gasteiger partial charge is 0.231 e. The first-order chi connectivity index (χ1) is 10.2. The third-order valence-corrected chi connectivity index (χ3v) is 4.75. The molecule has 0 radical (unpaired) electrons. The van der Waals surface area contributed by atoms with Gasteiger partial charge in [-0.25, -0.2) is 0 Å². The minimum atomic E-state index is 0.242. The summed E-state index contributed by atoms with van der Waals surface area (Å²) < 4.78 is 10.6. The lowest BCUT2D eigenvalue weighted by Crippen LogP contribution is -2.20. The highest BCUT2D eigenvalue weighted by molar-refractivity contribution is 5.51. The number of ether oxygens (including phenoxy) is 2. The molecule has 0 aromatic heterocycles. The summed E-state index contributed by atoms with van der Waals surface area (Å²) in [4.78, 5) is 0. The zero-order valence-electron chi connectivity index (χ0n) is 12.7.